The molecule has 0 aliphatic carbocycles. The van der Waals surface area contributed by atoms with Crippen molar-refractivity contribution >= 4 is 5.97 Å². The predicted molar refractivity (Wildman–Crippen MR) is 84.3 cm³/mol. The van der Waals surface area contributed by atoms with Gasteiger partial charge >= 0.3 is 5.97 Å². The fourth-order valence-corrected chi connectivity index (χ4v) is 2.08. The van der Waals surface area contributed by atoms with Gasteiger partial charge in [-0.3, -0.25) is 4.79 Å². The van der Waals surface area contributed by atoms with Crippen LogP contribution in [0.4, 0.5) is 0 Å². The molecule has 1 atom stereocenters. The first kappa shape index (κ1) is 17.5. The van der Waals surface area contributed by atoms with Gasteiger partial charge in [0.25, 0.3) is 0 Å². The molecule has 0 aliphatic rings. The summed E-state index contributed by atoms with van der Waals surface area (Å²) >= 11 is 0. The number of methoxy groups -OCH3 is 1. The zero-order chi connectivity index (χ0) is 15.7. The highest BCUT2D eigenvalue weighted by molar-refractivity contribution is 5.75. The number of hydrogen-bond acceptors (Lipinski definition) is 4. The van der Waals surface area contributed by atoms with E-state index in [0.29, 0.717) is 12.5 Å². The molecule has 0 aromatic heterocycles. The Kier molecular flexibility index (Phi) is 7.83. The van der Waals surface area contributed by atoms with Gasteiger partial charge in [-0.2, -0.15) is 0 Å². The summed E-state index contributed by atoms with van der Waals surface area (Å²) in [4.78, 5) is 11.8. The molecule has 0 bridgehead atoms. The molecule has 4 heteroatoms. The second kappa shape index (κ2) is 9.40. The van der Waals surface area contributed by atoms with Crippen LogP contribution in [0, 0.1) is 5.92 Å². The van der Waals surface area contributed by atoms with E-state index in [4.69, 9.17) is 9.47 Å². The van der Waals surface area contributed by atoms with Crippen molar-refractivity contribution in [1.29, 1.82) is 0 Å². The number of carbonyl (C=O) groups excluding carboxylic acids is 1. The molecule has 4 nitrogen and oxygen atoms in total. The maximum Gasteiger partial charge on any atom is 0.322 e. The first-order chi connectivity index (χ1) is 10.1. The Morgan fingerprint density at radius 3 is 2.71 bits per heavy atom. The quantitative estimate of drug-likeness (QED) is 0.711. The van der Waals surface area contributed by atoms with Crippen LogP contribution >= 0.6 is 0 Å². The van der Waals surface area contributed by atoms with Crippen LogP contribution in [0.3, 0.4) is 0 Å². The molecule has 0 spiro atoms. The lowest BCUT2D eigenvalue weighted by Gasteiger charge is -2.18. The molecule has 0 aliphatic heterocycles. The summed E-state index contributed by atoms with van der Waals surface area (Å²) in [7, 11) is 1.43. The van der Waals surface area contributed by atoms with Gasteiger partial charge in [-0.05, 0) is 36.5 Å². The topological polar surface area (TPSA) is 47.6 Å². The molecule has 1 aromatic carbocycles. The summed E-state index contributed by atoms with van der Waals surface area (Å²) < 4.78 is 10.5. The van der Waals surface area contributed by atoms with E-state index in [1.165, 1.54) is 7.11 Å². The Balaban J connectivity index is 2.60. The Hall–Kier alpha value is -1.55. The molecular weight excluding hydrogens is 266 g/mol. The zero-order valence-corrected chi connectivity index (χ0v) is 13.5. The maximum absolute atomic E-state index is 11.8. The number of ether oxygens (including phenoxy) is 2. The highest BCUT2D eigenvalue weighted by Crippen LogP contribution is 2.14. The highest BCUT2D eigenvalue weighted by atomic mass is 16.5. The van der Waals surface area contributed by atoms with E-state index in [-0.39, 0.29) is 12.0 Å². The third kappa shape index (κ3) is 6.63. The smallest absolute Gasteiger partial charge is 0.322 e. The third-order valence-corrected chi connectivity index (χ3v) is 3.12. The fraction of sp³-hybridized carbons (Fsp3) is 0.588. The number of esters is 1. The SMILES string of the molecule is CCCOc1cccc(CNC(CC(C)C)C(=O)OC)c1. The molecule has 1 unspecified atom stereocenters. The standard InChI is InChI=1S/C17H27NO3/c1-5-9-21-15-8-6-7-14(11-15)12-18-16(10-13(2)3)17(19)20-4/h6-8,11,13,16,18H,5,9-10,12H2,1-4H3. The summed E-state index contributed by atoms with van der Waals surface area (Å²) in [5.74, 6) is 1.09. The van der Waals surface area contributed by atoms with E-state index in [9.17, 15) is 4.79 Å². The normalized spacial score (nSPS) is 12.2. The van der Waals surface area contributed by atoms with Crippen LogP contribution in [-0.4, -0.2) is 25.7 Å². The van der Waals surface area contributed by atoms with Crippen molar-refractivity contribution in [3.63, 3.8) is 0 Å². The van der Waals surface area contributed by atoms with Crippen LogP contribution in [0.5, 0.6) is 5.75 Å². The molecule has 21 heavy (non-hydrogen) atoms. The molecule has 118 valence electrons. The number of hydrogen-bond donors (Lipinski definition) is 1. The Morgan fingerprint density at radius 1 is 1.33 bits per heavy atom. The summed E-state index contributed by atoms with van der Waals surface area (Å²) in [6.07, 6.45) is 1.75. The second-order valence-corrected chi connectivity index (χ2v) is 5.58. The molecule has 0 saturated heterocycles. The minimum atomic E-state index is -0.268. The first-order valence-electron chi connectivity index (χ1n) is 7.59. The zero-order valence-electron chi connectivity index (χ0n) is 13.5. The number of rotatable bonds is 9. The van der Waals surface area contributed by atoms with E-state index in [1.54, 1.807) is 0 Å². The van der Waals surface area contributed by atoms with Crippen molar-refractivity contribution in [3.8, 4) is 5.75 Å². The monoisotopic (exact) mass is 293 g/mol. The summed E-state index contributed by atoms with van der Waals surface area (Å²) in [5.41, 5.74) is 1.10. The van der Waals surface area contributed by atoms with Crippen molar-refractivity contribution in [2.24, 2.45) is 5.92 Å². The molecule has 0 fully saturated rings. The maximum atomic E-state index is 11.8. The van der Waals surface area contributed by atoms with Crippen molar-refractivity contribution in [2.75, 3.05) is 13.7 Å². The van der Waals surface area contributed by atoms with Crippen molar-refractivity contribution in [3.05, 3.63) is 29.8 Å². The molecule has 1 N–H and O–H groups in total. The van der Waals surface area contributed by atoms with Crippen molar-refractivity contribution < 1.29 is 14.3 Å². The van der Waals surface area contributed by atoms with Crippen LogP contribution in [0.2, 0.25) is 0 Å². The van der Waals surface area contributed by atoms with E-state index >= 15 is 0 Å². The van der Waals surface area contributed by atoms with Gasteiger partial charge in [-0.1, -0.05) is 32.9 Å². The Bertz CT molecular complexity index is 432. The lowest BCUT2D eigenvalue weighted by molar-refractivity contribution is -0.143. The fourth-order valence-electron chi connectivity index (χ4n) is 2.08. The van der Waals surface area contributed by atoms with Gasteiger partial charge in [0.15, 0.2) is 0 Å². The number of carbonyl (C=O) groups is 1. The van der Waals surface area contributed by atoms with Crippen LogP contribution in [0.25, 0.3) is 0 Å². The van der Waals surface area contributed by atoms with Gasteiger partial charge in [-0.25, -0.2) is 0 Å². The molecule has 1 aromatic rings. The summed E-state index contributed by atoms with van der Waals surface area (Å²) in [5, 5.41) is 3.27. The molecular formula is C17H27NO3. The Labute approximate surface area is 127 Å². The van der Waals surface area contributed by atoms with Gasteiger partial charge in [0.2, 0.25) is 0 Å². The summed E-state index contributed by atoms with van der Waals surface area (Å²) in [6, 6.07) is 7.68. The average Bonchev–Trinajstić information content (AvgIpc) is 2.48. The van der Waals surface area contributed by atoms with Crippen LogP contribution in [0.1, 0.15) is 39.2 Å². The van der Waals surface area contributed by atoms with Crippen LogP contribution in [-0.2, 0) is 16.1 Å². The minimum Gasteiger partial charge on any atom is -0.494 e. The van der Waals surface area contributed by atoms with Gasteiger partial charge in [0, 0.05) is 6.54 Å². The van der Waals surface area contributed by atoms with Gasteiger partial charge in [0.05, 0.1) is 13.7 Å². The summed E-state index contributed by atoms with van der Waals surface area (Å²) in [6.45, 7) is 7.61. The van der Waals surface area contributed by atoms with Crippen LogP contribution < -0.4 is 10.1 Å². The highest BCUT2D eigenvalue weighted by Gasteiger charge is 2.19. The predicted octanol–water partition coefficient (Wildman–Crippen LogP) is 3.15. The van der Waals surface area contributed by atoms with Crippen molar-refractivity contribution in [2.45, 2.75) is 46.2 Å². The molecule has 0 saturated carbocycles. The van der Waals surface area contributed by atoms with Gasteiger partial charge in [0.1, 0.15) is 11.8 Å². The van der Waals surface area contributed by atoms with Crippen molar-refractivity contribution in [1.82, 2.24) is 5.32 Å². The van der Waals surface area contributed by atoms with Crippen LogP contribution in [0.15, 0.2) is 24.3 Å². The van der Waals surface area contributed by atoms with E-state index in [0.717, 1.165) is 30.8 Å². The van der Waals surface area contributed by atoms with Gasteiger partial charge < -0.3 is 14.8 Å². The number of benzene rings is 1. The molecule has 0 heterocycles. The van der Waals surface area contributed by atoms with E-state index < -0.39 is 0 Å². The molecule has 0 radical (unpaired) electrons. The average molecular weight is 293 g/mol. The lowest BCUT2D eigenvalue weighted by Crippen LogP contribution is -2.38. The van der Waals surface area contributed by atoms with Gasteiger partial charge in [-0.15, -0.1) is 0 Å². The molecule has 0 amide bonds. The van der Waals surface area contributed by atoms with E-state index in [2.05, 4.69) is 26.1 Å². The number of nitrogens with one attached hydrogen (secondary N) is 1. The largest absolute Gasteiger partial charge is 0.494 e. The second-order valence-electron chi connectivity index (χ2n) is 5.58. The Morgan fingerprint density at radius 2 is 2.10 bits per heavy atom. The van der Waals surface area contributed by atoms with E-state index in [1.807, 2.05) is 24.3 Å². The minimum absolute atomic E-state index is 0.206. The first-order valence-corrected chi connectivity index (χ1v) is 7.59. The lowest BCUT2D eigenvalue weighted by atomic mass is 10.0. The third-order valence-electron chi connectivity index (χ3n) is 3.12. The molecule has 1 rings (SSSR count).